The predicted octanol–water partition coefficient (Wildman–Crippen LogP) is 1.09. The van der Waals surface area contributed by atoms with Crippen LogP contribution >= 0.6 is 0 Å². The maximum Gasteiger partial charge on any atom is 0.263 e. The fraction of sp³-hybridized carbons (Fsp3) is 0.462. The summed E-state index contributed by atoms with van der Waals surface area (Å²) in [6.07, 6.45) is 0.952. The summed E-state index contributed by atoms with van der Waals surface area (Å²) in [7, 11) is 0. The van der Waals surface area contributed by atoms with E-state index in [4.69, 9.17) is 20.1 Å². The second kappa shape index (κ2) is 6.40. The zero-order valence-corrected chi connectivity index (χ0v) is 10.8. The van der Waals surface area contributed by atoms with Crippen LogP contribution in [-0.2, 0) is 16.1 Å². The molecule has 1 unspecified atom stereocenters. The Kier molecular flexibility index (Phi) is 4.59. The molecule has 19 heavy (non-hydrogen) atoms. The van der Waals surface area contributed by atoms with E-state index in [0.29, 0.717) is 18.8 Å². The Hall–Kier alpha value is -1.79. The molecule has 1 amide bonds. The Balaban J connectivity index is 1.95. The van der Waals surface area contributed by atoms with E-state index < -0.39 is 6.10 Å². The molecule has 0 aromatic heterocycles. The molecule has 1 aromatic carbocycles. The Bertz CT molecular complexity index is 450. The number of amides is 1. The summed E-state index contributed by atoms with van der Waals surface area (Å²) in [5, 5.41) is 0. The molecule has 0 saturated heterocycles. The van der Waals surface area contributed by atoms with Crippen molar-refractivity contribution in [3.8, 4) is 11.5 Å². The lowest BCUT2D eigenvalue weighted by molar-refractivity contribution is -0.134. The standard InChI is InChI=1S/C13H18N2O4/c1-2-3-11(13(16)15-14)17-7-9-4-5-10-12(6-9)19-8-18-10/h4-6,11H,2-3,7-8,14H2,1H3,(H,15,16). The average Bonchev–Trinajstić information content (AvgIpc) is 2.90. The fourth-order valence-electron chi connectivity index (χ4n) is 1.87. The second-order valence-corrected chi connectivity index (χ2v) is 4.28. The molecule has 0 saturated carbocycles. The quantitative estimate of drug-likeness (QED) is 0.457. The first kappa shape index (κ1) is 13.6. The minimum Gasteiger partial charge on any atom is -0.454 e. The van der Waals surface area contributed by atoms with E-state index in [9.17, 15) is 4.79 Å². The lowest BCUT2D eigenvalue weighted by Gasteiger charge is -2.15. The molecule has 0 bridgehead atoms. The summed E-state index contributed by atoms with van der Waals surface area (Å²) in [5.74, 6) is 6.26. The molecule has 1 aliphatic rings. The lowest BCUT2D eigenvalue weighted by Crippen LogP contribution is -2.40. The van der Waals surface area contributed by atoms with E-state index in [1.54, 1.807) is 0 Å². The van der Waals surface area contributed by atoms with Crippen molar-refractivity contribution in [1.82, 2.24) is 5.43 Å². The number of fused-ring (bicyclic) bond motifs is 1. The molecule has 2 rings (SSSR count). The molecule has 0 aliphatic carbocycles. The van der Waals surface area contributed by atoms with Crippen LogP contribution in [0.25, 0.3) is 0 Å². The van der Waals surface area contributed by atoms with Crippen LogP contribution in [-0.4, -0.2) is 18.8 Å². The van der Waals surface area contributed by atoms with Gasteiger partial charge in [0.1, 0.15) is 6.10 Å². The normalized spacial score (nSPS) is 14.2. The minimum atomic E-state index is -0.527. The number of nitrogens with two attached hydrogens (primary N) is 1. The maximum atomic E-state index is 11.5. The van der Waals surface area contributed by atoms with Crippen molar-refractivity contribution in [2.75, 3.05) is 6.79 Å². The van der Waals surface area contributed by atoms with Crippen LogP contribution in [0.3, 0.4) is 0 Å². The zero-order valence-electron chi connectivity index (χ0n) is 10.8. The number of ether oxygens (including phenoxy) is 3. The van der Waals surface area contributed by atoms with Gasteiger partial charge in [0.05, 0.1) is 6.61 Å². The molecule has 3 N–H and O–H groups in total. The minimum absolute atomic E-state index is 0.244. The number of benzene rings is 1. The summed E-state index contributed by atoms with van der Waals surface area (Å²) in [5.41, 5.74) is 3.05. The van der Waals surface area contributed by atoms with E-state index in [1.807, 2.05) is 25.1 Å². The van der Waals surface area contributed by atoms with Gasteiger partial charge in [-0.25, -0.2) is 5.84 Å². The summed E-state index contributed by atoms with van der Waals surface area (Å²) in [4.78, 5) is 11.5. The number of carbonyl (C=O) groups excluding carboxylic acids is 1. The monoisotopic (exact) mass is 266 g/mol. The van der Waals surface area contributed by atoms with Crippen molar-refractivity contribution < 1.29 is 19.0 Å². The second-order valence-electron chi connectivity index (χ2n) is 4.28. The van der Waals surface area contributed by atoms with Gasteiger partial charge in [-0.05, 0) is 24.1 Å². The highest BCUT2D eigenvalue weighted by molar-refractivity contribution is 5.80. The van der Waals surface area contributed by atoms with E-state index in [2.05, 4.69) is 5.43 Å². The first-order valence-electron chi connectivity index (χ1n) is 6.25. The van der Waals surface area contributed by atoms with Crippen LogP contribution < -0.4 is 20.7 Å². The maximum absolute atomic E-state index is 11.5. The zero-order chi connectivity index (χ0) is 13.7. The molecule has 1 aromatic rings. The largest absolute Gasteiger partial charge is 0.454 e. The van der Waals surface area contributed by atoms with E-state index in [-0.39, 0.29) is 12.7 Å². The SMILES string of the molecule is CCCC(OCc1ccc2c(c1)OCO2)C(=O)NN. The summed E-state index contributed by atoms with van der Waals surface area (Å²) in [6, 6.07) is 5.57. The van der Waals surface area contributed by atoms with Gasteiger partial charge in [-0.1, -0.05) is 19.4 Å². The molecule has 0 radical (unpaired) electrons. The van der Waals surface area contributed by atoms with Crippen molar-refractivity contribution in [3.63, 3.8) is 0 Å². The van der Waals surface area contributed by atoms with E-state index in [1.165, 1.54) is 0 Å². The van der Waals surface area contributed by atoms with Crippen LogP contribution in [0.2, 0.25) is 0 Å². The van der Waals surface area contributed by atoms with Crippen LogP contribution in [0.4, 0.5) is 0 Å². The molecular formula is C13H18N2O4. The third-order valence-electron chi connectivity index (χ3n) is 2.87. The fourth-order valence-corrected chi connectivity index (χ4v) is 1.87. The number of hydrazine groups is 1. The molecule has 1 atom stereocenters. The third kappa shape index (κ3) is 3.36. The van der Waals surface area contributed by atoms with Gasteiger partial charge in [0.25, 0.3) is 5.91 Å². The van der Waals surface area contributed by atoms with Crippen LogP contribution in [0, 0.1) is 0 Å². The Morgan fingerprint density at radius 3 is 3.00 bits per heavy atom. The van der Waals surface area contributed by atoms with Crippen molar-refractivity contribution in [2.45, 2.75) is 32.5 Å². The first-order chi connectivity index (χ1) is 9.24. The van der Waals surface area contributed by atoms with Gasteiger partial charge in [0.2, 0.25) is 6.79 Å². The highest BCUT2D eigenvalue weighted by atomic mass is 16.7. The topological polar surface area (TPSA) is 82.8 Å². The third-order valence-corrected chi connectivity index (χ3v) is 2.87. The lowest BCUT2D eigenvalue weighted by atomic mass is 10.2. The number of hydrogen-bond donors (Lipinski definition) is 2. The van der Waals surface area contributed by atoms with Gasteiger partial charge in [-0.3, -0.25) is 10.2 Å². The molecule has 1 heterocycles. The van der Waals surface area contributed by atoms with Gasteiger partial charge >= 0.3 is 0 Å². The Morgan fingerprint density at radius 1 is 1.47 bits per heavy atom. The highest BCUT2D eigenvalue weighted by Gasteiger charge is 2.18. The predicted molar refractivity (Wildman–Crippen MR) is 68.4 cm³/mol. The van der Waals surface area contributed by atoms with Crippen LogP contribution in [0.5, 0.6) is 11.5 Å². The number of carbonyl (C=O) groups is 1. The molecular weight excluding hydrogens is 248 g/mol. The van der Waals surface area contributed by atoms with Gasteiger partial charge < -0.3 is 14.2 Å². The number of rotatable bonds is 6. The van der Waals surface area contributed by atoms with Gasteiger partial charge in [0.15, 0.2) is 11.5 Å². The van der Waals surface area contributed by atoms with E-state index in [0.717, 1.165) is 17.7 Å². The van der Waals surface area contributed by atoms with Crippen molar-refractivity contribution in [3.05, 3.63) is 23.8 Å². The molecule has 6 nitrogen and oxygen atoms in total. The van der Waals surface area contributed by atoms with Crippen LogP contribution in [0.1, 0.15) is 25.3 Å². The van der Waals surface area contributed by atoms with Crippen molar-refractivity contribution in [2.24, 2.45) is 5.84 Å². The number of nitrogens with one attached hydrogen (secondary N) is 1. The first-order valence-corrected chi connectivity index (χ1v) is 6.25. The van der Waals surface area contributed by atoms with Gasteiger partial charge in [-0.2, -0.15) is 0 Å². The van der Waals surface area contributed by atoms with Gasteiger partial charge in [0, 0.05) is 0 Å². The number of hydrogen-bond acceptors (Lipinski definition) is 5. The summed E-state index contributed by atoms with van der Waals surface area (Å²) >= 11 is 0. The molecule has 104 valence electrons. The molecule has 1 aliphatic heterocycles. The molecule has 0 fully saturated rings. The van der Waals surface area contributed by atoms with E-state index >= 15 is 0 Å². The smallest absolute Gasteiger partial charge is 0.263 e. The summed E-state index contributed by atoms with van der Waals surface area (Å²) < 4.78 is 16.1. The molecule has 0 spiro atoms. The van der Waals surface area contributed by atoms with Crippen LogP contribution in [0.15, 0.2) is 18.2 Å². The Morgan fingerprint density at radius 2 is 2.26 bits per heavy atom. The average molecular weight is 266 g/mol. The van der Waals surface area contributed by atoms with Crippen molar-refractivity contribution in [1.29, 1.82) is 0 Å². The summed E-state index contributed by atoms with van der Waals surface area (Å²) in [6.45, 7) is 2.56. The highest BCUT2D eigenvalue weighted by Crippen LogP contribution is 2.32. The molecule has 6 heteroatoms. The van der Waals surface area contributed by atoms with Gasteiger partial charge in [-0.15, -0.1) is 0 Å². The van der Waals surface area contributed by atoms with Crippen molar-refractivity contribution >= 4 is 5.91 Å². The Labute approximate surface area is 111 Å².